The number of hydrogen-bond acceptors (Lipinski definition) is 5. The number of fused-ring (bicyclic) bond motifs is 2. The molecule has 1 amide bonds. The predicted octanol–water partition coefficient (Wildman–Crippen LogP) is 5.14. The Morgan fingerprint density at radius 3 is 2.38 bits per heavy atom. The summed E-state index contributed by atoms with van der Waals surface area (Å²) < 4.78 is 1.72. The third-order valence-electron chi connectivity index (χ3n) is 6.03. The number of carbonyl (C=O) groups excluding carboxylic acids is 1. The molecule has 3 heterocycles. The van der Waals surface area contributed by atoms with E-state index in [2.05, 4.69) is 52.7 Å². The maximum Gasteiger partial charge on any atom is 0.237 e. The molecule has 0 atom stereocenters. The van der Waals surface area contributed by atoms with Crippen molar-refractivity contribution < 1.29 is 4.79 Å². The lowest BCUT2D eigenvalue weighted by atomic mass is 10.0. The Balaban J connectivity index is 1.21. The molecular weight excluding hydrogens is 442 g/mol. The van der Waals surface area contributed by atoms with Crippen molar-refractivity contribution in [3.63, 3.8) is 0 Å². The summed E-state index contributed by atoms with van der Waals surface area (Å²) >= 11 is 1.37. The number of amides is 1. The molecular formula is C27H21N5OS. The van der Waals surface area contributed by atoms with E-state index in [1.54, 1.807) is 4.52 Å². The van der Waals surface area contributed by atoms with Gasteiger partial charge in [0, 0.05) is 17.8 Å². The molecule has 3 aromatic carbocycles. The molecule has 1 aliphatic heterocycles. The van der Waals surface area contributed by atoms with Crippen molar-refractivity contribution in [3.05, 3.63) is 96.6 Å². The quantitative estimate of drug-likeness (QED) is 0.338. The average Bonchev–Trinajstić information content (AvgIpc) is 3.52. The van der Waals surface area contributed by atoms with Crippen LogP contribution in [0.15, 0.2) is 96.2 Å². The molecule has 0 N–H and O–H groups in total. The van der Waals surface area contributed by atoms with E-state index in [0.717, 1.165) is 35.5 Å². The highest BCUT2D eigenvalue weighted by Crippen LogP contribution is 2.29. The topological polar surface area (TPSA) is 63.4 Å². The largest absolute Gasteiger partial charge is 0.311 e. The molecule has 5 aromatic rings. The zero-order valence-electron chi connectivity index (χ0n) is 18.3. The Morgan fingerprint density at radius 1 is 0.794 bits per heavy atom. The lowest BCUT2D eigenvalue weighted by molar-refractivity contribution is -0.116. The van der Waals surface area contributed by atoms with Crippen LogP contribution >= 0.6 is 11.8 Å². The highest BCUT2D eigenvalue weighted by atomic mass is 32.2. The summed E-state index contributed by atoms with van der Waals surface area (Å²) in [4.78, 5) is 14.8. The Bertz CT molecular complexity index is 1480. The molecule has 0 saturated carbocycles. The van der Waals surface area contributed by atoms with Crippen LogP contribution in [0.3, 0.4) is 0 Å². The van der Waals surface area contributed by atoms with Crippen molar-refractivity contribution in [1.29, 1.82) is 0 Å². The molecule has 166 valence electrons. The Kier molecular flexibility index (Phi) is 5.31. The molecule has 1 aliphatic rings. The highest BCUT2D eigenvalue weighted by Gasteiger charge is 2.24. The van der Waals surface area contributed by atoms with Gasteiger partial charge in [0.2, 0.25) is 11.1 Å². The first-order chi connectivity index (χ1) is 16.8. The first-order valence-corrected chi connectivity index (χ1v) is 12.1. The molecule has 7 heteroatoms. The molecule has 6 nitrogen and oxygen atoms in total. The molecule has 0 bridgehead atoms. The van der Waals surface area contributed by atoms with Gasteiger partial charge in [0.1, 0.15) is 0 Å². The van der Waals surface area contributed by atoms with Crippen LogP contribution in [0.5, 0.6) is 0 Å². The van der Waals surface area contributed by atoms with Crippen LogP contribution in [0, 0.1) is 0 Å². The normalized spacial score (nSPS) is 12.8. The van der Waals surface area contributed by atoms with Crippen molar-refractivity contribution in [3.8, 4) is 22.4 Å². The SMILES string of the molecule is O=C(CSc1nnc2ccc(-c3ccc(-c4ccccc4)cc3)nn12)N1CCc2ccccc21. The second-order valence-electron chi connectivity index (χ2n) is 8.13. The fourth-order valence-electron chi connectivity index (χ4n) is 4.28. The lowest BCUT2D eigenvalue weighted by Crippen LogP contribution is -2.30. The minimum Gasteiger partial charge on any atom is -0.311 e. The van der Waals surface area contributed by atoms with Crippen LogP contribution < -0.4 is 4.90 Å². The summed E-state index contributed by atoms with van der Waals surface area (Å²) in [5.41, 5.74) is 7.07. The minimum absolute atomic E-state index is 0.0688. The number of rotatable bonds is 5. The van der Waals surface area contributed by atoms with Crippen LogP contribution in [0.2, 0.25) is 0 Å². The van der Waals surface area contributed by atoms with Crippen LogP contribution in [-0.4, -0.2) is 38.0 Å². The summed E-state index contributed by atoms with van der Waals surface area (Å²) in [7, 11) is 0. The van der Waals surface area contributed by atoms with Gasteiger partial charge in [-0.25, -0.2) is 0 Å². The molecule has 0 unspecified atom stereocenters. The number of carbonyl (C=O) groups is 1. The third-order valence-corrected chi connectivity index (χ3v) is 6.94. The molecule has 0 saturated heterocycles. The number of benzene rings is 3. The van der Waals surface area contributed by atoms with Gasteiger partial charge in [-0.3, -0.25) is 4.79 Å². The molecule has 0 radical (unpaired) electrons. The number of anilines is 1. The average molecular weight is 464 g/mol. The van der Waals surface area contributed by atoms with Crippen molar-refractivity contribution >= 4 is 29.0 Å². The fraction of sp³-hybridized carbons (Fsp3) is 0.111. The van der Waals surface area contributed by atoms with Gasteiger partial charge in [-0.05, 0) is 41.3 Å². The van der Waals surface area contributed by atoms with E-state index in [4.69, 9.17) is 5.10 Å². The van der Waals surface area contributed by atoms with Gasteiger partial charge in [0.15, 0.2) is 5.65 Å². The maximum absolute atomic E-state index is 12.9. The number of nitrogens with zero attached hydrogens (tertiary/aromatic N) is 5. The molecule has 6 rings (SSSR count). The summed E-state index contributed by atoms with van der Waals surface area (Å²) in [6, 6.07) is 30.6. The molecule has 0 spiro atoms. The van der Waals surface area contributed by atoms with Crippen molar-refractivity contribution in [2.24, 2.45) is 0 Å². The van der Waals surface area contributed by atoms with Crippen molar-refractivity contribution in [2.75, 3.05) is 17.2 Å². The van der Waals surface area contributed by atoms with Gasteiger partial charge in [-0.1, -0.05) is 84.6 Å². The van der Waals surface area contributed by atoms with Crippen molar-refractivity contribution in [2.45, 2.75) is 11.6 Å². The number of para-hydroxylation sites is 1. The number of thioether (sulfide) groups is 1. The van der Waals surface area contributed by atoms with Gasteiger partial charge in [-0.2, -0.15) is 9.61 Å². The van der Waals surface area contributed by atoms with E-state index in [1.807, 2.05) is 53.4 Å². The number of aromatic nitrogens is 4. The summed E-state index contributed by atoms with van der Waals surface area (Å²) in [5.74, 6) is 0.353. The Hall–Kier alpha value is -3.97. The van der Waals surface area contributed by atoms with Crippen LogP contribution in [0.4, 0.5) is 5.69 Å². The van der Waals surface area contributed by atoms with Gasteiger partial charge in [0.05, 0.1) is 11.4 Å². The van der Waals surface area contributed by atoms with Crippen molar-refractivity contribution in [1.82, 2.24) is 19.8 Å². The van der Waals surface area contributed by atoms with E-state index in [-0.39, 0.29) is 11.7 Å². The highest BCUT2D eigenvalue weighted by molar-refractivity contribution is 7.99. The van der Waals surface area contributed by atoms with E-state index >= 15 is 0 Å². The molecule has 34 heavy (non-hydrogen) atoms. The second kappa shape index (κ2) is 8.76. The standard InChI is InChI=1S/C27H21N5OS/c33-26(31-17-16-22-8-4-5-9-24(22)31)18-34-27-29-28-25-15-14-23(30-32(25)27)21-12-10-20(11-13-21)19-6-2-1-3-7-19/h1-15H,16-18H2. The first-order valence-electron chi connectivity index (χ1n) is 11.2. The number of hydrogen-bond donors (Lipinski definition) is 0. The lowest BCUT2D eigenvalue weighted by Gasteiger charge is -2.16. The van der Waals surface area contributed by atoms with Crippen LogP contribution in [0.1, 0.15) is 5.56 Å². The van der Waals surface area contributed by atoms with Gasteiger partial charge >= 0.3 is 0 Å². The Morgan fingerprint density at radius 2 is 1.53 bits per heavy atom. The summed E-state index contributed by atoms with van der Waals surface area (Å²) in [6.07, 6.45) is 0.897. The third kappa shape index (κ3) is 3.84. The summed E-state index contributed by atoms with van der Waals surface area (Å²) in [5, 5.41) is 13.9. The van der Waals surface area contributed by atoms with Gasteiger partial charge in [0.25, 0.3) is 0 Å². The van der Waals surface area contributed by atoms with E-state index in [9.17, 15) is 4.79 Å². The van der Waals surface area contributed by atoms with Crippen LogP contribution in [0.25, 0.3) is 28.0 Å². The zero-order chi connectivity index (χ0) is 22.9. The molecule has 0 aliphatic carbocycles. The van der Waals surface area contributed by atoms with Gasteiger partial charge in [-0.15, -0.1) is 10.2 Å². The molecule has 0 fully saturated rings. The first kappa shape index (κ1) is 20.6. The minimum atomic E-state index is 0.0688. The second-order valence-corrected chi connectivity index (χ2v) is 9.07. The van der Waals surface area contributed by atoms with E-state index < -0.39 is 0 Å². The fourth-order valence-corrected chi connectivity index (χ4v) is 5.04. The zero-order valence-corrected chi connectivity index (χ0v) is 19.2. The molecule has 2 aromatic heterocycles. The monoisotopic (exact) mass is 463 g/mol. The summed E-state index contributed by atoms with van der Waals surface area (Å²) in [6.45, 7) is 0.723. The maximum atomic E-state index is 12.9. The van der Waals surface area contributed by atoms with E-state index in [1.165, 1.54) is 22.9 Å². The van der Waals surface area contributed by atoms with E-state index in [0.29, 0.717) is 10.8 Å². The van der Waals surface area contributed by atoms with Crippen LogP contribution in [-0.2, 0) is 11.2 Å². The smallest absolute Gasteiger partial charge is 0.237 e. The van der Waals surface area contributed by atoms with Gasteiger partial charge < -0.3 is 4.90 Å². The Labute approximate surface area is 201 Å². The predicted molar refractivity (Wildman–Crippen MR) is 135 cm³/mol.